The highest BCUT2D eigenvalue weighted by atomic mass is 15.3. The van der Waals surface area contributed by atoms with E-state index in [0.717, 1.165) is 23.7 Å². The maximum Gasteiger partial charge on any atom is 0.160 e. The molecule has 0 spiro atoms. The lowest BCUT2D eigenvalue weighted by atomic mass is 10.1. The monoisotopic (exact) mass is 280 g/mol. The highest BCUT2D eigenvalue weighted by Gasteiger charge is 2.12. The summed E-state index contributed by atoms with van der Waals surface area (Å²) in [5.74, 6) is 1.40. The SMILES string of the molecule is Cc1cc(NCc2ccccc2)n2ncc(C(C)C)c2n1. The van der Waals surface area contributed by atoms with Crippen molar-refractivity contribution in [1.82, 2.24) is 14.6 Å². The van der Waals surface area contributed by atoms with Gasteiger partial charge in [-0.15, -0.1) is 0 Å². The van der Waals surface area contributed by atoms with Gasteiger partial charge in [0.2, 0.25) is 0 Å². The first-order valence-corrected chi connectivity index (χ1v) is 7.28. The molecule has 0 atom stereocenters. The number of hydrogen-bond acceptors (Lipinski definition) is 3. The normalized spacial score (nSPS) is 11.2. The van der Waals surface area contributed by atoms with E-state index in [2.05, 4.69) is 53.5 Å². The second-order valence-electron chi connectivity index (χ2n) is 5.61. The van der Waals surface area contributed by atoms with Crippen molar-refractivity contribution in [3.8, 4) is 0 Å². The van der Waals surface area contributed by atoms with Crippen molar-refractivity contribution in [2.75, 3.05) is 5.32 Å². The van der Waals surface area contributed by atoms with E-state index in [0.29, 0.717) is 5.92 Å². The smallest absolute Gasteiger partial charge is 0.160 e. The summed E-state index contributed by atoms with van der Waals surface area (Å²) >= 11 is 0. The van der Waals surface area contributed by atoms with Gasteiger partial charge in [0.05, 0.1) is 6.20 Å². The largest absolute Gasteiger partial charge is 0.366 e. The molecule has 3 rings (SSSR count). The zero-order chi connectivity index (χ0) is 14.8. The third-order valence-corrected chi connectivity index (χ3v) is 3.57. The topological polar surface area (TPSA) is 42.2 Å². The van der Waals surface area contributed by atoms with Gasteiger partial charge in [0.1, 0.15) is 5.82 Å². The van der Waals surface area contributed by atoms with Crippen LogP contribution in [0.3, 0.4) is 0 Å². The molecule has 0 amide bonds. The fourth-order valence-electron chi connectivity index (χ4n) is 2.42. The van der Waals surface area contributed by atoms with Gasteiger partial charge in [-0.3, -0.25) is 0 Å². The lowest BCUT2D eigenvalue weighted by Gasteiger charge is -2.10. The quantitative estimate of drug-likeness (QED) is 0.791. The van der Waals surface area contributed by atoms with Gasteiger partial charge in [-0.25, -0.2) is 4.98 Å². The Labute approximate surface area is 124 Å². The van der Waals surface area contributed by atoms with Gasteiger partial charge < -0.3 is 5.32 Å². The van der Waals surface area contributed by atoms with Crippen molar-refractivity contribution in [2.45, 2.75) is 33.2 Å². The number of hydrogen-bond donors (Lipinski definition) is 1. The van der Waals surface area contributed by atoms with Gasteiger partial charge in [-0.05, 0) is 18.4 Å². The van der Waals surface area contributed by atoms with E-state index >= 15 is 0 Å². The zero-order valence-corrected chi connectivity index (χ0v) is 12.7. The van der Waals surface area contributed by atoms with Crippen LogP contribution in [0.15, 0.2) is 42.6 Å². The number of nitrogens with one attached hydrogen (secondary N) is 1. The van der Waals surface area contributed by atoms with E-state index in [1.807, 2.05) is 29.8 Å². The summed E-state index contributed by atoms with van der Waals surface area (Å²) in [6, 6.07) is 12.4. The van der Waals surface area contributed by atoms with Crippen molar-refractivity contribution in [3.63, 3.8) is 0 Å². The minimum atomic E-state index is 0.416. The van der Waals surface area contributed by atoms with E-state index < -0.39 is 0 Å². The third kappa shape index (κ3) is 2.75. The number of benzene rings is 1. The summed E-state index contributed by atoms with van der Waals surface area (Å²) in [6.07, 6.45) is 1.92. The maximum absolute atomic E-state index is 4.63. The molecule has 0 fully saturated rings. The Morgan fingerprint density at radius 3 is 2.67 bits per heavy atom. The standard InChI is InChI=1S/C17H20N4/c1-12(2)15-11-19-21-16(9-13(3)20-17(15)21)18-10-14-7-5-4-6-8-14/h4-9,11-12,18H,10H2,1-3H3. The molecule has 0 aliphatic heterocycles. The van der Waals surface area contributed by atoms with Gasteiger partial charge in [0, 0.05) is 23.9 Å². The maximum atomic E-state index is 4.63. The Balaban J connectivity index is 1.95. The van der Waals surface area contributed by atoms with Crippen molar-refractivity contribution in [2.24, 2.45) is 0 Å². The van der Waals surface area contributed by atoms with Crippen LogP contribution in [-0.2, 0) is 6.54 Å². The van der Waals surface area contributed by atoms with Crippen LogP contribution in [0, 0.1) is 6.92 Å². The molecule has 0 saturated heterocycles. The molecule has 2 heterocycles. The summed E-state index contributed by atoms with van der Waals surface area (Å²) < 4.78 is 1.89. The third-order valence-electron chi connectivity index (χ3n) is 3.57. The summed E-state index contributed by atoms with van der Waals surface area (Å²) in [5, 5.41) is 7.94. The zero-order valence-electron chi connectivity index (χ0n) is 12.7. The molecule has 108 valence electrons. The molecule has 0 radical (unpaired) electrons. The fraction of sp³-hybridized carbons (Fsp3) is 0.294. The van der Waals surface area contributed by atoms with Crippen LogP contribution < -0.4 is 5.32 Å². The Bertz CT molecular complexity index is 744. The molecule has 0 aliphatic rings. The molecule has 4 nitrogen and oxygen atoms in total. The van der Waals surface area contributed by atoms with E-state index in [1.54, 1.807) is 0 Å². The fourth-order valence-corrected chi connectivity index (χ4v) is 2.42. The van der Waals surface area contributed by atoms with Crippen LogP contribution in [0.5, 0.6) is 0 Å². The van der Waals surface area contributed by atoms with Crippen molar-refractivity contribution < 1.29 is 0 Å². The van der Waals surface area contributed by atoms with Crippen LogP contribution in [0.2, 0.25) is 0 Å². The second-order valence-corrected chi connectivity index (χ2v) is 5.61. The highest BCUT2D eigenvalue weighted by Crippen LogP contribution is 2.22. The summed E-state index contributed by atoms with van der Waals surface area (Å²) in [4.78, 5) is 4.63. The second kappa shape index (κ2) is 5.56. The molecule has 0 unspecified atom stereocenters. The minimum Gasteiger partial charge on any atom is -0.366 e. The Morgan fingerprint density at radius 1 is 1.19 bits per heavy atom. The molecule has 1 N–H and O–H groups in total. The molecule has 1 aromatic carbocycles. The van der Waals surface area contributed by atoms with Crippen LogP contribution in [-0.4, -0.2) is 14.6 Å². The molecular formula is C17H20N4. The molecule has 0 bridgehead atoms. The Morgan fingerprint density at radius 2 is 1.95 bits per heavy atom. The first-order valence-electron chi connectivity index (χ1n) is 7.28. The van der Waals surface area contributed by atoms with Gasteiger partial charge in [-0.1, -0.05) is 44.2 Å². The number of aromatic nitrogens is 3. The first kappa shape index (κ1) is 13.6. The van der Waals surface area contributed by atoms with Crippen LogP contribution in [0.4, 0.5) is 5.82 Å². The van der Waals surface area contributed by atoms with Crippen molar-refractivity contribution in [1.29, 1.82) is 0 Å². The number of anilines is 1. The first-order chi connectivity index (χ1) is 10.1. The molecule has 3 aromatic rings. The predicted molar refractivity (Wildman–Crippen MR) is 85.6 cm³/mol. The van der Waals surface area contributed by atoms with Crippen molar-refractivity contribution in [3.05, 3.63) is 59.4 Å². The highest BCUT2D eigenvalue weighted by molar-refractivity contribution is 5.55. The average molecular weight is 280 g/mol. The summed E-state index contributed by atoms with van der Waals surface area (Å²) in [5.41, 5.74) is 4.37. The summed E-state index contributed by atoms with van der Waals surface area (Å²) in [6.45, 7) is 7.12. The van der Waals surface area contributed by atoms with E-state index in [-0.39, 0.29) is 0 Å². The molecule has 0 aliphatic carbocycles. The van der Waals surface area contributed by atoms with Gasteiger partial charge in [-0.2, -0.15) is 9.61 Å². The lowest BCUT2D eigenvalue weighted by molar-refractivity contribution is 0.870. The van der Waals surface area contributed by atoms with E-state index in [1.165, 1.54) is 11.1 Å². The van der Waals surface area contributed by atoms with Crippen LogP contribution >= 0.6 is 0 Å². The van der Waals surface area contributed by atoms with Gasteiger partial charge >= 0.3 is 0 Å². The molecule has 2 aromatic heterocycles. The van der Waals surface area contributed by atoms with E-state index in [9.17, 15) is 0 Å². The molecule has 0 saturated carbocycles. The number of nitrogens with zero attached hydrogens (tertiary/aromatic N) is 3. The number of aryl methyl sites for hydroxylation is 1. The minimum absolute atomic E-state index is 0.416. The van der Waals surface area contributed by atoms with Crippen LogP contribution in [0.25, 0.3) is 5.65 Å². The average Bonchev–Trinajstić information content (AvgIpc) is 2.89. The number of rotatable bonds is 4. The van der Waals surface area contributed by atoms with Gasteiger partial charge in [0.25, 0.3) is 0 Å². The Kier molecular flexibility index (Phi) is 3.60. The Hall–Kier alpha value is -2.36. The van der Waals surface area contributed by atoms with E-state index in [4.69, 9.17) is 0 Å². The van der Waals surface area contributed by atoms with Gasteiger partial charge in [0.15, 0.2) is 5.65 Å². The summed E-state index contributed by atoms with van der Waals surface area (Å²) in [7, 11) is 0. The molecule has 4 heteroatoms. The number of fused-ring (bicyclic) bond motifs is 1. The molecule has 21 heavy (non-hydrogen) atoms. The molecular weight excluding hydrogens is 260 g/mol. The van der Waals surface area contributed by atoms with Crippen molar-refractivity contribution >= 4 is 11.5 Å². The lowest BCUT2D eigenvalue weighted by Crippen LogP contribution is -2.07. The van der Waals surface area contributed by atoms with Crippen LogP contribution in [0.1, 0.15) is 36.6 Å². The predicted octanol–water partition coefficient (Wildman–Crippen LogP) is 3.77.